The molecular weight excluding hydrogens is 362 g/mol. The maximum Gasteiger partial charge on any atom is 0.281 e. The third-order valence-electron chi connectivity index (χ3n) is 4.83. The average Bonchev–Trinajstić information content (AvgIpc) is 2.69. The number of nitrogens with one attached hydrogen (secondary N) is 1. The van der Waals surface area contributed by atoms with Crippen molar-refractivity contribution in [2.45, 2.75) is 18.9 Å². The number of rotatable bonds is 5. The first-order valence-corrected chi connectivity index (χ1v) is 10.4. The Bertz CT molecular complexity index is 872. The van der Waals surface area contributed by atoms with Gasteiger partial charge in [-0.3, -0.25) is 4.79 Å². The molecule has 27 heavy (non-hydrogen) atoms. The maximum atomic E-state index is 12.5. The molecule has 0 aromatic heterocycles. The number of hydrogen-bond acceptors (Lipinski definition) is 3. The smallest absolute Gasteiger partial charge is 0.281 e. The lowest BCUT2D eigenvalue weighted by atomic mass is 10.0. The summed E-state index contributed by atoms with van der Waals surface area (Å²) in [6.45, 7) is 0.830. The number of nitrogens with zero attached hydrogens (tertiary/aromatic N) is 2. The van der Waals surface area contributed by atoms with E-state index in [9.17, 15) is 13.2 Å². The average molecular weight is 388 g/mol. The summed E-state index contributed by atoms with van der Waals surface area (Å²) in [4.78, 5) is 12.5. The number of benzene rings is 2. The highest BCUT2D eigenvalue weighted by Gasteiger charge is 2.30. The Balaban J connectivity index is 1.57. The molecule has 0 spiro atoms. The molecule has 1 heterocycles. The SMILES string of the molecule is CN(C)S(=O)(=O)N1CCC(NC(=O)c2ccc(-c3ccccc3)cc2)CC1. The number of carbonyl (C=O) groups is 1. The van der Waals surface area contributed by atoms with Gasteiger partial charge >= 0.3 is 0 Å². The topological polar surface area (TPSA) is 69.7 Å². The van der Waals surface area contributed by atoms with Crippen molar-refractivity contribution in [3.05, 3.63) is 60.2 Å². The summed E-state index contributed by atoms with van der Waals surface area (Å²) in [5, 5.41) is 3.02. The van der Waals surface area contributed by atoms with Crippen molar-refractivity contribution < 1.29 is 13.2 Å². The third kappa shape index (κ3) is 4.55. The first-order chi connectivity index (χ1) is 12.9. The molecular formula is C20H25N3O3S. The van der Waals surface area contributed by atoms with Crippen LogP contribution in [0.3, 0.4) is 0 Å². The quantitative estimate of drug-likeness (QED) is 0.856. The number of carbonyl (C=O) groups excluding carboxylic acids is 1. The van der Waals surface area contributed by atoms with Gasteiger partial charge in [0, 0.05) is 38.8 Å². The summed E-state index contributed by atoms with van der Waals surface area (Å²) in [5.41, 5.74) is 2.78. The van der Waals surface area contributed by atoms with E-state index in [1.54, 1.807) is 0 Å². The molecule has 1 amide bonds. The second-order valence-corrected chi connectivity index (χ2v) is 9.02. The van der Waals surface area contributed by atoms with Crippen molar-refractivity contribution in [3.8, 4) is 11.1 Å². The van der Waals surface area contributed by atoms with Crippen molar-refractivity contribution in [2.75, 3.05) is 27.2 Å². The minimum atomic E-state index is -3.38. The Morgan fingerprint density at radius 1 is 0.963 bits per heavy atom. The molecule has 1 N–H and O–H groups in total. The van der Waals surface area contributed by atoms with Gasteiger partial charge in [-0.1, -0.05) is 42.5 Å². The molecule has 0 radical (unpaired) electrons. The van der Waals surface area contributed by atoms with Crippen molar-refractivity contribution in [1.29, 1.82) is 0 Å². The molecule has 0 aliphatic carbocycles. The second kappa shape index (κ2) is 8.21. The minimum absolute atomic E-state index is 0.0140. The van der Waals surface area contributed by atoms with Crippen LogP contribution in [0.25, 0.3) is 11.1 Å². The molecule has 1 aliphatic rings. The van der Waals surface area contributed by atoms with Crippen LogP contribution >= 0.6 is 0 Å². The first kappa shape index (κ1) is 19.5. The Morgan fingerprint density at radius 3 is 2.07 bits per heavy atom. The van der Waals surface area contributed by atoms with Gasteiger partial charge in [-0.25, -0.2) is 0 Å². The van der Waals surface area contributed by atoms with E-state index in [4.69, 9.17) is 0 Å². The number of amides is 1. The molecule has 3 rings (SSSR count). The molecule has 2 aromatic rings. The summed E-state index contributed by atoms with van der Waals surface area (Å²) in [6, 6.07) is 17.5. The standard InChI is InChI=1S/C20H25N3O3S/c1-22(2)27(25,26)23-14-12-19(13-15-23)21-20(24)18-10-8-17(9-11-18)16-6-4-3-5-7-16/h3-11,19H,12-15H2,1-2H3,(H,21,24). The lowest BCUT2D eigenvalue weighted by Crippen LogP contribution is -2.49. The van der Waals surface area contributed by atoms with Gasteiger partial charge in [-0.2, -0.15) is 17.0 Å². The monoisotopic (exact) mass is 387 g/mol. The van der Waals surface area contributed by atoms with E-state index in [-0.39, 0.29) is 11.9 Å². The van der Waals surface area contributed by atoms with Crippen molar-refractivity contribution in [3.63, 3.8) is 0 Å². The maximum absolute atomic E-state index is 12.5. The normalized spacial score (nSPS) is 16.4. The van der Waals surface area contributed by atoms with Gasteiger partial charge in [-0.05, 0) is 36.1 Å². The van der Waals surface area contributed by atoms with E-state index in [1.165, 1.54) is 22.7 Å². The molecule has 1 saturated heterocycles. The van der Waals surface area contributed by atoms with E-state index >= 15 is 0 Å². The second-order valence-electron chi connectivity index (χ2n) is 6.88. The summed E-state index contributed by atoms with van der Waals surface area (Å²) in [7, 11) is -0.321. The van der Waals surface area contributed by atoms with Gasteiger partial charge < -0.3 is 5.32 Å². The predicted molar refractivity (Wildman–Crippen MR) is 107 cm³/mol. The van der Waals surface area contributed by atoms with Crippen molar-refractivity contribution >= 4 is 16.1 Å². The van der Waals surface area contributed by atoms with E-state index in [0.29, 0.717) is 31.5 Å². The highest BCUT2D eigenvalue weighted by molar-refractivity contribution is 7.86. The molecule has 1 aliphatic heterocycles. The molecule has 7 heteroatoms. The summed E-state index contributed by atoms with van der Waals surface area (Å²) in [6.07, 6.45) is 1.22. The predicted octanol–water partition coefficient (Wildman–Crippen LogP) is 2.35. The molecule has 6 nitrogen and oxygen atoms in total. The summed E-state index contributed by atoms with van der Waals surface area (Å²) in [5.74, 6) is -0.122. The summed E-state index contributed by atoms with van der Waals surface area (Å²) >= 11 is 0. The van der Waals surface area contributed by atoms with E-state index in [2.05, 4.69) is 5.32 Å². The molecule has 1 fully saturated rings. The van der Waals surface area contributed by atoms with Gasteiger partial charge in [-0.15, -0.1) is 0 Å². The molecule has 0 unspecified atom stereocenters. The van der Waals surface area contributed by atoms with Crippen LogP contribution in [-0.4, -0.2) is 56.2 Å². The Morgan fingerprint density at radius 2 is 1.52 bits per heavy atom. The number of piperidine rings is 1. The van der Waals surface area contributed by atoms with Gasteiger partial charge in [0.2, 0.25) is 0 Å². The van der Waals surface area contributed by atoms with Crippen LogP contribution in [0.5, 0.6) is 0 Å². The first-order valence-electron chi connectivity index (χ1n) is 9.02. The number of hydrogen-bond donors (Lipinski definition) is 1. The van der Waals surface area contributed by atoms with Gasteiger partial charge in [0.05, 0.1) is 0 Å². The molecule has 2 aromatic carbocycles. The Labute approximate surface area is 161 Å². The van der Waals surface area contributed by atoms with Crippen LogP contribution in [-0.2, 0) is 10.2 Å². The molecule has 0 atom stereocenters. The Kier molecular flexibility index (Phi) is 5.94. The van der Waals surface area contributed by atoms with Crippen LogP contribution in [0.4, 0.5) is 0 Å². The van der Waals surface area contributed by atoms with Crippen LogP contribution in [0.1, 0.15) is 23.2 Å². The Hall–Kier alpha value is -2.22. The minimum Gasteiger partial charge on any atom is -0.349 e. The lowest BCUT2D eigenvalue weighted by molar-refractivity contribution is 0.0923. The zero-order valence-electron chi connectivity index (χ0n) is 15.6. The van der Waals surface area contributed by atoms with Crippen LogP contribution < -0.4 is 5.32 Å². The fraction of sp³-hybridized carbons (Fsp3) is 0.350. The summed E-state index contributed by atoms with van der Waals surface area (Å²) < 4.78 is 27.0. The van der Waals surface area contributed by atoms with E-state index < -0.39 is 10.2 Å². The highest BCUT2D eigenvalue weighted by Crippen LogP contribution is 2.20. The highest BCUT2D eigenvalue weighted by atomic mass is 32.2. The van der Waals surface area contributed by atoms with E-state index in [1.807, 2.05) is 54.6 Å². The van der Waals surface area contributed by atoms with Gasteiger partial charge in [0.15, 0.2) is 0 Å². The van der Waals surface area contributed by atoms with Crippen molar-refractivity contribution in [2.24, 2.45) is 0 Å². The van der Waals surface area contributed by atoms with Crippen LogP contribution in [0.15, 0.2) is 54.6 Å². The third-order valence-corrected chi connectivity index (χ3v) is 6.77. The lowest BCUT2D eigenvalue weighted by Gasteiger charge is -2.33. The van der Waals surface area contributed by atoms with Crippen molar-refractivity contribution in [1.82, 2.24) is 13.9 Å². The zero-order valence-corrected chi connectivity index (χ0v) is 16.4. The molecule has 144 valence electrons. The van der Waals surface area contributed by atoms with Crippen LogP contribution in [0, 0.1) is 0 Å². The van der Waals surface area contributed by atoms with Gasteiger partial charge in [0.25, 0.3) is 16.1 Å². The molecule has 0 saturated carbocycles. The van der Waals surface area contributed by atoms with E-state index in [0.717, 1.165) is 11.1 Å². The van der Waals surface area contributed by atoms with Crippen LogP contribution in [0.2, 0.25) is 0 Å². The largest absolute Gasteiger partial charge is 0.349 e. The van der Waals surface area contributed by atoms with Gasteiger partial charge in [0.1, 0.15) is 0 Å². The fourth-order valence-corrected chi connectivity index (χ4v) is 4.31. The molecule has 0 bridgehead atoms. The fourth-order valence-electron chi connectivity index (χ4n) is 3.18. The zero-order chi connectivity index (χ0) is 19.4.